The van der Waals surface area contributed by atoms with E-state index in [1.165, 1.54) is 11.1 Å². The molecule has 2 unspecified atom stereocenters. The Hall–Kier alpha value is -1.05. The van der Waals surface area contributed by atoms with Gasteiger partial charge in [-0.25, -0.2) is 4.79 Å². The Bertz CT molecular complexity index is 374. The first-order valence-corrected chi connectivity index (χ1v) is 6.22. The monoisotopic (exact) mass is 236 g/mol. The van der Waals surface area contributed by atoms with Gasteiger partial charge in [0.15, 0.2) is 0 Å². The van der Waals surface area contributed by atoms with Gasteiger partial charge in [0.25, 0.3) is 0 Å². The second-order valence-corrected chi connectivity index (χ2v) is 5.84. The smallest absolute Gasteiger partial charge is 0.333 e. The van der Waals surface area contributed by atoms with E-state index < -0.39 is 5.60 Å². The van der Waals surface area contributed by atoms with Crippen LogP contribution in [-0.4, -0.2) is 11.6 Å². The van der Waals surface area contributed by atoms with E-state index >= 15 is 0 Å². The summed E-state index contributed by atoms with van der Waals surface area (Å²) in [5.41, 5.74) is 2.90. The molecule has 0 saturated carbocycles. The van der Waals surface area contributed by atoms with Crippen molar-refractivity contribution in [2.24, 2.45) is 11.8 Å². The zero-order chi connectivity index (χ0) is 13.4. The van der Waals surface area contributed by atoms with Gasteiger partial charge in [-0.05, 0) is 47.0 Å². The molecule has 2 nitrogen and oxygen atoms in total. The van der Waals surface area contributed by atoms with Gasteiger partial charge < -0.3 is 4.74 Å². The quantitative estimate of drug-likeness (QED) is 0.422. The van der Waals surface area contributed by atoms with Gasteiger partial charge in [-0.2, -0.15) is 0 Å². The van der Waals surface area contributed by atoms with E-state index in [4.69, 9.17) is 4.74 Å². The molecule has 0 heterocycles. The third-order valence-corrected chi connectivity index (χ3v) is 4.08. The van der Waals surface area contributed by atoms with Crippen molar-refractivity contribution in [2.75, 3.05) is 0 Å². The minimum Gasteiger partial charge on any atom is -0.456 e. The molecule has 17 heavy (non-hydrogen) atoms. The van der Waals surface area contributed by atoms with Crippen molar-refractivity contribution in [1.29, 1.82) is 0 Å². The van der Waals surface area contributed by atoms with E-state index in [-0.39, 0.29) is 5.97 Å². The molecule has 0 radical (unpaired) electrons. The number of ether oxygens (including phenoxy) is 1. The highest BCUT2D eigenvalue weighted by atomic mass is 16.6. The fourth-order valence-electron chi connectivity index (χ4n) is 2.61. The van der Waals surface area contributed by atoms with Crippen LogP contribution in [0.25, 0.3) is 0 Å². The van der Waals surface area contributed by atoms with Gasteiger partial charge in [0.1, 0.15) is 5.60 Å². The number of carbonyl (C=O) groups excluding carboxylic acids is 1. The third kappa shape index (κ3) is 2.80. The van der Waals surface area contributed by atoms with Crippen molar-refractivity contribution >= 4 is 5.97 Å². The van der Waals surface area contributed by atoms with E-state index in [9.17, 15) is 4.79 Å². The molecule has 1 aliphatic rings. The predicted octanol–water partition coefficient (Wildman–Crippen LogP) is 3.88. The van der Waals surface area contributed by atoms with Gasteiger partial charge in [-0.1, -0.05) is 24.6 Å². The van der Waals surface area contributed by atoms with Crippen LogP contribution in [0.4, 0.5) is 0 Å². The number of hydrogen-bond donors (Lipinski definition) is 0. The molecule has 0 saturated heterocycles. The fourth-order valence-corrected chi connectivity index (χ4v) is 2.61. The molecule has 0 aromatic carbocycles. The zero-order valence-electron chi connectivity index (χ0n) is 11.9. The summed E-state index contributed by atoms with van der Waals surface area (Å²) < 4.78 is 5.59. The molecule has 0 aliphatic heterocycles. The Kier molecular flexibility index (Phi) is 3.85. The summed E-state index contributed by atoms with van der Waals surface area (Å²) in [4.78, 5) is 11.6. The Morgan fingerprint density at radius 3 is 2.29 bits per heavy atom. The molecule has 0 aromatic heterocycles. The Labute approximate surface area is 105 Å². The van der Waals surface area contributed by atoms with Crippen molar-refractivity contribution in [1.82, 2.24) is 0 Å². The summed E-state index contributed by atoms with van der Waals surface area (Å²) in [6.45, 7) is 15.9. The molecule has 0 fully saturated rings. The van der Waals surface area contributed by atoms with Gasteiger partial charge in [0.2, 0.25) is 0 Å². The molecular weight excluding hydrogens is 212 g/mol. The lowest BCUT2D eigenvalue weighted by molar-refractivity contribution is -0.157. The van der Waals surface area contributed by atoms with Crippen molar-refractivity contribution in [3.63, 3.8) is 0 Å². The lowest BCUT2D eigenvalue weighted by Crippen LogP contribution is -2.38. The first-order valence-electron chi connectivity index (χ1n) is 6.22. The zero-order valence-corrected chi connectivity index (χ0v) is 11.9. The van der Waals surface area contributed by atoms with Crippen LogP contribution in [0.15, 0.2) is 23.3 Å². The maximum Gasteiger partial charge on any atom is 0.333 e. The Balaban J connectivity index is 2.80. The molecule has 2 heteroatoms. The average molecular weight is 236 g/mol. The van der Waals surface area contributed by atoms with Gasteiger partial charge in [-0.3, -0.25) is 0 Å². The van der Waals surface area contributed by atoms with Crippen LogP contribution in [-0.2, 0) is 9.53 Å². The fraction of sp³-hybridized carbons (Fsp3) is 0.667. The molecule has 0 aromatic rings. The predicted molar refractivity (Wildman–Crippen MR) is 70.6 cm³/mol. The maximum atomic E-state index is 11.6. The Morgan fingerprint density at radius 1 is 1.41 bits per heavy atom. The van der Waals surface area contributed by atoms with Crippen LogP contribution in [0.5, 0.6) is 0 Å². The van der Waals surface area contributed by atoms with Crippen molar-refractivity contribution < 1.29 is 9.53 Å². The van der Waals surface area contributed by atoms with E-state index in [0.29, 0.717) is 17.4 Å². The number of carbonyl (C=O) groups is 1. The van der Waals surface area contributed by atoms with Crippen LogP contribution < -0.4 is 0 Å². The van der Waals surface area contributed by atoms with E-state index in [2.05, 4.69) is 27.4 Å². The van der Waals surface area contributed by atoms with Crippen molar-refractivity contribution in [3.05, 3.63) is 23.3 Å². The van der Waals surface area contributed by atoms with E-state index in [0.717, 1.165) is 6.42 Å². The molecule has 2 atom stereocenters. The normalized spacial score (nSPS) is 25.1. The summed E-state index contributed by atoms with van der Waals surface area (Å²) in [5.74, 6) is 0.554. The second-order valence-electron chi connectivity index (χ2n) is 5.84. The summed E-state index contributed by atoms with van der Waals surface area (Å²) in [6.07, 6.45) is 1.02. The van der Waals surface area contributed by atoms with Gasteiger partial charge in [-0.15, -0.1) is 0 Å². The molecule has 1 aliphatic carbocycles. The standard InChI is InChI=1S/C15H24O2/c1-9(2)14(16)17-15(6,7)13-8-10(3)11(4)12(13)5/h12-13H,1,8H2,2-7H3. The lowest BCUT2D eigenvalue weighted by Gasteiger charge is -2.35. The molecule has 0 amide bonds. The lowest BCUT2D eigenvalue weighted by atomic mass is 9.81. The van der Waals surface area contributed by atoms with Crippen LogP contribution >= 0.6 is 0 Å². The first kappa shape index (κ1) is 14.0. The minimum atomic E-state index is -0.436. The number of rotatable bonds is 3. The highest BCUT2D eigenvalue weighted by Crippen LogP contribution is 2.43. The Morgan fingerprint density at radius 2 is 1.94 bits per heavy atom. The van der Waals surface area contributed by atoms with Crippen LogP contribution in [0.1, 0.15) is 48.0 Å². The number of allylic oxidation sites excluding steroid dienone is 2. The first-order chi connectivity index (χ1) is 7.66. The summed E-state index contributed by atoms with van der Waals surface area (Å²) in [5, 5.41) is 0. The SMILES string of the molecule is C=C(C)C(=O)OC(C)(C)C1CC(C)=C(C)C1C. The van der Waals surface area contributed by atoms with Crippen LogP contribution in [0, 0.1) is 11.8 Å². The summed E-state index contributed by atoms with van der Waals surface area (Å²) >= 11 is 0. The maximum absolute atomic E-state index is 11.6. The molecular formula is C15H24O2. The molecule has 0 bridgehead atoms. The number of hydrogen-bond acceptors (Lipinski definition) is 2. The van der Waals surface area contributed by atoms with E-state index in [1.807, 2.05) is 13.8 Å². The van der Waals surface area contributed by atoms with Crippen molar-refractivity contribution in [3.8, 4) is 0 Å². The van der Waals surface area contributed by atoms with Crippen LogP contribution in [0.3, 0.4) is 0 Å². The van der Waals surface area contributed by atoms with Gasteiger partial charge in [0.05, 0.1) is 0 Å². The van der Waals surface area contributed by atoms with Crippen LogP contribution in [0.2, 0.25) is 0 Å². The average Bonchev–Trinajstić information content (AvgIpc) is 2.45. The summed E-state index contributed by atoms with van der Waals surface area (Å²) in [7, 11) is 0. The molecule has 96 valence electrons. The minimum absolute atomic E-state index is 0.288. The third-order valence-electron chi connectivity index (χ3n) is 4.08. The van der Waals surface area contributed by atoms with Crippen molar-refractivity contribution in [2.45, 2.75) is 53.6 Å². The highest BCUT2D eigenvalue weighted by Gasteiger charge is 2.41. The molecule has 0 spiro atoms. The molecule has 0 N–H and O–H groups in total. The molecule has 1 rings (SSSR count). The topological polar surface area (TPSA) is 26.3 Å². The van der Waals surface area contributed by atoms with E-state index in [1.54, 1.807) is 6.92 Å². The van der Waals surface area contributed by atoms with Gasteiger partial charge >= 0.3 is 5.97 Å². The second kappa shape index (κ2) is 4.67. The highest BCUT2D eigenvalue weighted by molar-refractivity contribution is 5.87. The van der Waals surface area contributed by atoms with Gasteiger partial charge in [0, 0.05) is 11.5 Å². The number of esters is 1. The largest absolute Gasteiger partial charge is 0.456 e. The summed E-state index contributed by atoms with van der Waals surface area (Å²) in [6, 6.07) is 0.